The first-order valence-electron chi connectivity index (χ1n) is 5.69. The molecule has 2 rings (SSSR count). The van der Waals surface area contributed by atoms with E-state index in [9.17, 15) is 4.79 Å². The van der Waals surface area contributed by atoms with Crippen LogP contribution in [-0.2, 0) is 0 Å². The fraction of sp³-hybridized carbons (Fsp3) is 0.583. The van der Waals surface area contributed by atoms with Gasteiger partial charge in [0.15, 0.2) is 0 Å². The molecule has 1 aliphatic carbocycles. The number of carbonyl (C=O) groups excluding carboxylic acids is 1. The van der Waals surface area contributed by atoms with E-state index in [2.05, 4.69) is 28.2 Å². The van der Waals surface area contributed by atoms with Crippen molar-refractivity contribution in [1.82, 2.24) is 5.32 Å². The molecule has 88 valence electrons. The van der Waals surface area contributed by atoms with E-state index in [0.717, 1.165) is 15.2 Å². The standard InChI is InChI=1S/C12H16BrNOS/c1-2-5-12(6-7-12)8-14-11(15)9-3-4-10(13)16-9/h3-4H,2,5-8H2,1H3,(H,14,15). The summed E-state index contributed by atoms with van der Waals surface area (Å²) in [7, 11) is 0. The first-order valence-corrected chi connectivity index (χ1v) is 7.30. The van der Waals surface area contributed by atoms with Crippen molar-refractivity contribution < 1.29 is 4.79 Å². The molecular weight excluding hydrogens is 286 g/mol. The van der Waals surface area contributed by atoms with Gasteiger partial charge in [-0.15, -0.1) is 11.3 Å². The second-order valence-corrected chi connectivity index (χ2v) is 7.00. The predicted molar refractivity (Wildman–Crippen MR) is 70.9 cm³/mol. The Labute approximate surface area is 109 Å². The van der Waals surface area contributed by atoms with Crippen LogP contribution in [0.25, 0.3) is 0 Å². The summed E-state index contributed by atoms with van der Waals surface area (Å²) < 4.78 is 1.01. The summed E-state index contributed by atoms with van der Waals surface area (Å²) in [6.45, 7) is 3.05. The highest BCUT2D eigenvalue weighted by Crippen LogP contribution is 2.48. The van der Waals surface area contributed by atoms with Crippen LogP contribution >= 0.6 is 27.3 Å². The molecule has 1 fully saturated rings. The maximum absolute atomic E-state index is 11.8. The van der Waals surface area contributed by atoms with Crippen LogP contribution in [-0.4, -0.2) is 12.5 Å². The minimum Gasteiger partial charge on any atom is -0.351 e. The average Bonchev–Trinajstić information content (AvgIpc) is 2.89. The Kier molecular flexibility index (Phi) is 3.70. The summed E-state index contributed by atoms with van der Waals surface area (Å²) >= 11 is 4.85. The van der Waals surface area contributed by atoms with Gasteiger partial charge in [0.25, 0.3) is 5.91 Å². The molecule has 0 atom stereocenters. The highest BCUT2D eigenvalue weighted by atomic mass is 79.9. The first kappa shape index (κ1) is 12.1. The van der Waals surface area contributed by atoms with Crippen LogP contribution in [0.5, 0.6) is 0 Å². The molecule has 0 aromatic carbocycles. The van der Waals surface area contributed by atoms with Gasteiger partial charge in [0.05, 0.1) is 8.66 Å². The monoisotopic (exact) mass is 301 g/mol. The largest absolute Gasteiger partial charge is 0.351 e. The van der Waals surface area contributed by atoms with Gasteiger partial charge in [0, 0.05) is 6.54 Å². The van der Waals surface area contributed by atoms with Gasteiger partial charge in [-0.3, -0.25) is 4.79 Å². The maximum Gasteiger partial charge on any atom is 0.261 e. The van der Waals surface area contributed by atoms with E-state index >= 15 is 0 Å². The smallest absolute Gasteiger partial charge is 0.261 e. The zero-order valence-corrected chi connectivity index (χ0v) is 11.8. The Bertz CT molecular complexity index is 384. The molecule has 0 saturated heterocycles. The van der Waals surface area contributed by atoms with Crippen molar-refractivity contribution in [3.8, 4) is 0 Å². The van der Waals surface area contributed by atoms with Crippen molar-refractivity contribution in [2.24, 2.45) is 5.41 Å². The van der Waals surface area contributed by atoms with Crippen molar-refractivity contribution in [2.75, 3.05) is 6.54 Å². The number of amides is 1. The predicted octanol–water partition coefficient (Wildman–Crippen LogP) is 3.82. The van der Waals surface area contributed by atoms with E-state index < -0.39 is 0 Å². The van der Waals surface area contributed by atoms with Gasteiger partial charge >= 0.3 is 0 Å². The number of hydrogen-bond acceptors (Lipinski definition) is 2. The van der Waals surface area contributed by atoms with Crippen LogP contribution < -0.4 is 5.32 Å². The summed E-state index contributed by atoms with van der Waals surface area (Å²) in [5.41, 5.74) is 0.429. The van der Waals surface area contributed by atoms with Gasteiger partial charge in [0.1, 0.15) is 0 Å². The summed E-state index contributed by atoms with van der Waals surface area (Å²) in [5, 5.41) is 3.05. The number of nitrogens with one attached hydrogen (secondary N) is 1. The molecule has 0 aliphatic heterocycles. The third-order valence-corrected chi connectivity index (χ3v) is 4.78. The summed E-state index contributed by atoms with van der Waals surface area (Å²) in [4.78, 5) is 12.6. The molecule has 1 aromatic rings. The second kappa shape index (κ2) is 4.88. The minimum atomic E-state index is 0.0677. The fourth-order valence-corrected chi connectivity index (χ4v) is 3.32. The molecule has 0 unspecified atom stereocenters. The minimum absolute atomic E-state index is 0.0677. The zero-order chi connectivity index (χ0) is 11.6. The van der Waals surface area contributed by atoms with Crippen LogP contribution in [0, 0.1) is 5.41 Å². The maximum atomic E-state index is 11.8. The lowest BCUT2D eigenvalue weighted by molar-refractivity contribution is 0.0948. The van der Waals surface area contributed by atoms with E-state index in [4.69, 9.17) is 0 Å². The normalized spacial score (nSPS) is 17.1. The lowest BCUT2D eigenvalue weighted by atomic mass is 10.0. The molecule has 0 radical (unpaired) electrons. The van der Waals surface area contributed by atoms with Crippen molar-refractivity contribution in [3.63, 3.8) is 0 Å². The third-order valence-electron chi connectivity index (χ3n) is 3.16. The van der Waals surface area contributed by atoms with Crippen LogP contribution in [0.15, 0.2) is 15.9 Å². The van der Waals surface area contributed by atoms with Crippen LogP contribution in [0.1, 0.15) is 42.3 Å². The summed E-state index contributed by atoms with van der Waals surface area (Å²) in [5.74, 6) is 0.0677. The lowest BCUT2D eigenvalue weighted by Crippen LogP contribution is -2.29. The van der Waals surface area contributed by atoms with E-state index in [-0.39, 0.29) is 5.91 Å². The quantitative estimate of drug-likeness (QED) is 0.880. The van der Waals surface area contributed by atoms with Gasteiger partial charge in [-0.05, 0) is 52.7 Å². The Hall–Kier alpha value is -0.350. The summed E-state index contributed by atoms with van der Waals surface area (Å²) in [6, 6.07) is 3.78. The summed E-state index contributed by atoms with van der Waals surface area (Å²) in [6.07, 6.45) is 4.99. The molecule has 1 aliphatic rings. The molecule has 0 spiro atoms. The Morgan fingerprint density at radius 2 is 2.31 bits per heavy atom. The molecule has 16 heavy (non-hydrogen) atoms. The van der Waals surface area contributed by atoms with Crippen LogP contribution in [0.2, 0.25) is 0 Å². The number of carbonyl (C=O) groups is 1. The average molecular weight is 302 g/mol. The molecule has 1 saturated carbocycles. The van der Waals surface area contributed by atoms with Crippen molar-refractivity contribution in [1.29, 1.82) is 0 Å². The number of halogens is 1. The van der Waals surface area contributed by atoms with Crippen molar-refractivity contribution in [3.05, 3.63) is 20.8 Å². The van der Waals surface area contributed by atoms with Gasteiger partial charge in [0.2, 0.25) is 0 Å². The number of thiophene rings is 1. The Morgan fingerprint density at radius 1 is 1.56 bits per heavy atom. The molecule has 1 aromatic heterocycles. The van der Waals surface area contributed by atoms with Crippen molar-refractivity contribution in [2.45, 2.75) is 32.6 Å². The fourth-order valence-electron chi connectivity index (χ4n) is 2.01. The Balaban J connectivity index is 1.84. The molecular formula is C12H16BrNOS. The molecule has 2 nitrogen and oxygen atoms in total. The topological polar surface area (TPSA) is 29.1 Å². The lowest BCUT2D eigenvalue weighted by Gasteiger charge is -2.14. The van der Waals surface area contributed by atoms with Gasteiger partial charge in [-0.25, -0.2) is 0 Å². The zero-order valence-electron chi connectivity index (χ0n) is 9.38. The van der Waals surface area contributed by atoms with E-state index in [1.54, 1.807) is 0 Å². The van der Waals surface area contributed by atoms with E-state index in [1.807, 2.05) is 12.1 Å². The first-order chi connectivity index (χ1) is 7.65. The van der Waals surface area contributed by atoms with E-state index in [0.29, 0.717) is 5.41 Å². The molecule has 4 heteroatoms. The molecule has 1 heterocycles. The highest BCUT2D eigenvalue weighted by molar-refractivity contribution is 9.11. The van der Waals surface area contributed by atoms with Gasteiger partial charge in [-0.1, -0.05) is 13.3 Å². The van der Waals surface area contributed by atoms with Gasteiger partial charge < -0.3 is 5.32 Å². The number of rotatable bonds is 5. The van der Waals surface area contributed by atoms with Crippen molar-refractivity contribution >= 4 is 33.2 Å². The highest BCUT2D eigenvalue weighted by Gasteiger charge is 2.41. The molecule has 0 bridgehead atoms. The van der Waals surface area contributed by atoms with Crippen LogP contribution in [0.4, 0.5) is 0 Å². The van der Waals surface area contributed by atoms with E-state index in [1.165, 1.54) is 37.0 Å². The SMILES string of the molecule is CCCC1(CNC(=O)c2ccc(Br)s2)CC1. The number of hydrogen-bond donors (Lipinski definition) is 1. The molecule has 1 N–H and O–H groups in total. The molecule has 1 amide bonds. The van der Waals surface area contributed by atoms with Gasteiger partial charge in [-0.2, -0.15) is 0 Å². The second-order valence-electron chi connectivity index (χ2n) is 4.54. The third kappa shape index (κ3) is 2.86. The Morgan fingerprint density at radius 3 is 2.81 bits per heavy atom. The van der Waals surface area contributed by atoms with Crippen LogP contribution in [0.3, 0.4) is 0 Å².